The van der Waals surface area contributed by atoms with E-state index in [1.54, 1.807) is 18.2 Å². The Morgan fingerprint density at radius 2 is 1.95 bits per heavy atom. The van der Waals surface area contributed by atoms with Gasteiger partial charge in [0, 0.05) is 11.8 Å². The van der Waals surface area contributed by atoms with Gasteiger partial charge in [-0.1, -0.05) is 26.3 Å². The highest BCUT2D eigenvalue weighted by atomic mass is 31.1. The third-order valence-electron chi connectivity index (χ3n) is 2.86. The minimum absolute atomic E-state index is 0.229. The molecule has 100 valence electrons. The first-order valence-electron chi connectivity index (χ1n) is 6.10. The number of aryl methyl sites for hydroxylation is 1. The summed E-state index contributed by atoms with van der Waals surface area (Å²) in [5.41, 5.74) is 2.04. The van der Waals surface area contributed by atoms with Crippen molar-refractivity contribution in [1.82, 2.24) is 5.32 Å². The van der Waals surface area contributed by atoms with E-state index >= 15 is 0 Å². The molecule has 0 spiro atoms. The molecule has 2 nitrogen and oxygen atoms in total. The molecule has 2 aromatic rings. The first-order valence-corrected chi connectivity index (χ1v) is 7.10. The number of hydrogen-bond acceptors (Lipinski definition) is 2. The van der Waals surface area contributed by atoms with Crippen LogP contribution in [0.5, 0.6) is 5.75 Å². The molecule has 19 heavy (non-hydrogen) atoms. The maximum atomic E-state index is 13.3. The predicted molar refractivity (Wildman–Crippen MR) is 79.6 cm³/mol. The van der Waals surface area contributed by atoms with E-state index in [-0.39, 0.29) is 5.82 Å². The zero-order valence-corrected chi connectivity index (χ0v) is 12.0. The Hall–Kier alpha value is -1.44. The van der Waals surface area contributed by atoms with Gasteiger partial charge in [-0.05, 0) is 49.1 Å². The molecule has 0 saturated carbocycles. The van der Waals surface area contributed by atoms with Gasteiger partial charge >= 0.3 is 0 Å². The molecule has 0 saturated heterocycles. The minimum atomic E-state index is -0.229. The van der Waals surface area contributed by atoms with E-state index in [0.717, 1.165) is 21.7 Å². The Bertz CT molecular complexity index is 586. The second kappa shape index (κ2) is 6.14. The maximum Gasteiger partial charge on any atom is 0.123 e. The van der Waals surface area contributed by atoms with Crippen molar-refractivity contribution >= 4 is 19.2 Å². The summed E-state index contributed by atoms with van der Waals surface area (Å²) in [6.45, 7) is 2.61. The number of rotatable bonds is 4. The fourth-order valence-electron chi connectivity index (χ4n) is 1.92. The van der Waals surface area contributed by atoms with Crippen LogP contribution in [0, 0.1) is 12.7 Å². The number of nitrogens with one attached hydrogen (secondary N) is 1. The highest BCUT2D eigenvalue weighted by molar-refractivity contribution is 7.55. The van der Waals surface area contributed by atoms with Crippen molar-refractivity contribution < 1.29 is 9.50 Å². The number of hydrogen-bond donors (Lipinski definition) is 2. The Morgan fingerprint density at radius 3 is 2.68 bits per heavy atom. The van der Waals surface area contributed by atoms with Crippen LogP contribution in [0.15, 0.2) is 36.4 Å². The van der Waals surface area contributed by atoms with Gasteiger partial charge in [0.1, 0.15) is 11.6 Å². The molecule has 0 amide bonds. The van der Waals surface area contributed by atoms with Gasteiger partial charge in [0.05, 0.1) is 0 Å². The summed E-state index contributed by atoms with van der Waals surface area (Å²) in [5, 5.41) is 14.9. The van der Waals surface area contributed by atoms with Crippen molar-refractivity contribution in [3.05, 3.63) is 53.3 Å². The highest BCUT2D eigenvalue weighted by Gasteiger charge is 2.08. The van der Waals surface area contributed by atoms with Gasteiger partial charge in [-0.25, -0.2) is 4.39 Å². The van der Waals surface area contributed by atoms with E-state index < -0.39 is 0 Å². The van der Waals surface area contributed by atoms with Crippen LogP contribution >= 0.6 is 8.58 Å². The van der Waals surface area contributed by atoms with Gasteiger partial charge in [0.15, 0.2) is 0 Å². The third-order valence-corrected chi connectivity index (χ3v) is 4.28. The fourth-order valence-corrected chi connectivity index (χ4v) is 3.21. The molecule has 0 aromatic heterocycles. The highest BCUT2D eigenvalue weighted by Crippen LogP contribution is 2.21. The molecule has 0 fully saturated rings. The van der Waals surface area contributed by atoms with E-state index in [2.05, 4.69) is 5.32 Å². The summed E-state index contributed by atoms with van der Waals surface area (Å²) in [6.07, 6.45) is 0. The molecule has 0 heterocycles. The van der Waals surface area contributed by atoms with Crippen molar-refractivity contribution in [2.24, 2.45) is 0 Å². The van der Waals surface area contributed by atoms with Crippen LogP contribution in [0.25, 0.3) is 0 Å². The smallest absolute Gasteiger partial charge is 0.123 e. The molecular formula is C15H17FNOP. The van der Waals surface area contributed by atoms with E-state index in [0.29, 0.717) is 20.9 Å². The SMILES string of the molecule is CNCc1cc(F)ccc1Pc1cc(C)ccc1O. The normalized spacial score (nSPS) is 11.3. The zero-order chi connectivity index (χ0) is 13.8. The second-order valence-electron chi connectivity index (χ2n) is 4.48. The minimum Gasteiger partial charge on any atom is -0.507 e. The second-order valence-corrected chi connectivity index (χ2v) is 5.80. The topological polar surface area (TPSA) is 32.3 Å². The van der Waals surface area contributed by atoms with Crippen LogP contribution in [0.3, 0.4) is 0 Å². The molecule has 4 heteroatoms. The van der Waals surface area contributed by atoms with Crippen molar-refractivity contribution in [1.29, 1.82) is 0 Å². The molecule has 2 N–H and O–H groups in total. The molecule has 0 radical (unpaired) electrons. The first kappa shape index (κ1) is 14.0. The number of phenolic OH excluding ortho intramolecular Hbond substituents is 1. The lowest BCUT2D eigenvalue weighted by molar-refractivity contribution is 0.479. The average Bonchev–Trinajstić information content (AvgIpc) is 2.37. The summed E-state index contributed by atoms with van der Waals surface area (Å²) in [5.74, 6) is 0.0657. The van der Waals surface area contributed by atoms with E-state index in [1.807, 2.05) is 26.1 Å². The molecule has 2 aromatic carbocycles. The fraction of sp³-hybridized carbons (Fsp3) is 0.200. The summed E-state index contributed by atoms with van der Waals surface area (Å²) in [6, 6.07) is 10.4. The molecule has 0 aliphatic rings. The van der Waals surface area contributed by atoms with E-state index in [4.69, 9.17) is 0 Å². The zero-order valence-electron chi connectivity index (χ0n) is 11.0. The molecule has 1 atom stereocenters. The van der Waals surface area contributed by atoms with Gasteiger partial charge in [-0.2, -0.15) is 0 Å². The largest absolute Gasteiger partial charge is 0.507 e. The number of halogens is 1. The molecule has 0 bridgehead atoms. The van der Waals surface area contributed by atoms with Gasteiger partial charge in [-0.15, -0.1) is 0 Å². The lowest BCUT2D eigenvalue weighted by Gasteiger charge is -2.11. The molecule has 2 rings (SSSR count). The third kappa shape index (κ3) is 3.52. The van der Waals surface area contributed by atoms with Crippen LogP contribution in [0.2, 0.25) is 0 Å². The van der Waals surface area contributed by atoms with Crippen LogP contribution in [-0.2, 0) is 6.54 Å². The molecule has 0 aliphatic heterocycles. The Morgan fingerprint density at radius 1 is 1.16 bits per heavy atom. The van der Waals surface area contributed by atoms with Gasteiger partial charge in [0.2, 0.25) is 0 Å². The van der Waals surface area contributed by atoms with Gasteiger partial charge in [0.25, 0.3) is 0 Å². The molecular weight excluding hydrogens is 260 g/mol. The van der Waals surface area contributed by atoms with Crippen molar-refractivity contribution in [3.8, 4) is 5.75 Å². The number of benzene rings is 2. The Labute approximate surface area is 114 Å². The summed E-state index contributed by atoms with van der Waals surface area (Å²) >= 11 is 0. The molecule has 1 unspecified atom stereocenters. The lowest BCUT2D eigenvalue weighted by Crippen LogP contribution is -2.16. The Balaban J connectivity index is 2.34. The van der Waals surface area contributed by atoms with Crippen LogP contribution < -0.4 is 15.9 Å². The van der Waals surface area contributed by atoms with Crippen LogP contribution in [0.4, 0.5) is 4.39 Å². The monoisotopic (exact) mass is 277 g/mol. The maximum absolute atomic E-state index is 13.3. The Kier molecular flexibility index (Phi) is 4.52. The van der Waals surface area contributed by atoms with Crippen molar-refractivity contribution in [2.75, 3.05) is 7.05 Å². The summed E-state index contributed by atoms with van der Waals surface area (Å²) in [7, 11) is 2.16. The van der Waals surface area contributed by atoms with Crippen molar-refractivity contribution in [3.63, 3.8) is 0 Å². The molecule has 0 aliphatic carbocycles. The first-order chi connectivity index (χ1) is 9.10. The van der Waals surface area contributed by atoms with E-state index in [9.17, 15) is 9.50 Å². The quantitative estimate of drug-likeness (QED) is 0.840. The number of aromatic hydroxyl groups is 1. The van der Waals surface area contributed by atoms with Gasteiger partial charge < -0.3 is 10.4 Å². The summed E-state index contributed by atoms with van der Waals surface area (Å²) in [4.78, 5) is 0. The predicted octanol–water partition coefficient (Wildman–Crippen LogP) is 2.19. The lowest BCUT2D eigenvalue weighted by atomic mass is 10.2. The standard InChI is InChI=1S/C15H17FNOP/c1-10-3-5-13(18)15(7-10)19-14-6-4-12(16)8-11(14)9-17-2/h3-8,17-19H,9H2,1-2H3. The van der Waals surface area contributed by atoms with E-state index in [1.165, 1.54) is 6.07 Å². The summed E-state index contributed by atoms with van der Waals surface area (Å²) < 4.78 is 13.3. The van der Waals surface area contributed by atoms with Gasteiger partial charge in [-0.3, -0.25) is 0 Å². The average molecular weight is 277 g/mol. The van der Waals surface area contributed by atoms with Crippen LogP contribution in [0.1, 0.15) is 11.1 Å². The van der Waals surface area contributed by atoms with Crippen molar-refractivity contribution in [2.45, 2.75) is 13.5 Å². The van der Waals surface area contributed by atoms with Crippen LogP contribution in [-0.4, -0.2) is 12.2 Å². The number of phenols is 1.